The van der Waals surface area contributed by atoms with Crippen molar-refractivity contribution in [2.24, 2.45) is 0 Å². The average molecular weight is 205 g/mol. The van der Waals surface area contributed by atoms with Gasteiger partial charge in [-0.3, -0.25) is 0 Å². The minimum atomic E-state index is 0.506. The lowest BCUT2D eigenvalue weighted by Gasteiger charge is -2.16. The summed E-state index contributed by atoms with van der Waals surface area (Å²) in [5, 5.41) is 3.55. The van der Waals surface area contributed by atoms with E-state index >= 15 is 0 Å². The lowest BCUT2D eigenvalue weighted by molar-refractivity contribution is 0.603. The summed E-state index contributed by atoms with van der Waals surface area (Å²) in [6.07, 6.45) is 4.33. The Balaban J connectivity index is 2.05. The van der Waals surface area contributed by atoms with Crippen molar-refractivity contribution in [2.75, 3.05) is 6.54 Å². The molecular formula is C12H19N3. The molecule has 0 radical (unpaired) electrons. The Kier molecular flexibility index (Phi) is 3.00. The Morgan fingerprint density at radius 2 is 1.93 bits per heavy atom. The van der Waals surface area contributed by atoms with Crippen LogP contribution in [0, 0.1) is 13.8 Å². The van der Waals surface area contributed by atoms with Gasteiger partial charge in [0.05, 0.1) is 0 Å². The zero-order valence-corrected chi connectivity index (χ0v) is 9.75. The number of hydrogen-bond acceptors (Lipinski definition) is 3. The van der Waals surface area contributed by atoms with E-state index in [2.05, 4.69) is 36.1 Å². The topological polar surface area (TPSA) is 37.8 Å². The standard InChI is InChI=1S/C12H19N3/c1-8(6-13-11-4-5-11)12-9(2)14-7-15-10(12)3/h7-8,11,13H,4-6H2,1-3H3. The van der Waals surface area contributed by atoms with Gasteiger partial charge in [0.2, 0.25) is 0 Å². The highest BCUT2D eigenvalue weighted by molar-refractivity contribution is 5.26. The molecule has 1 unspecified atom stereocenters. The molecule has 3 nitrogen and oxygen atoms in total. The summed E-state index contributed by atoms with van der Waals surface area (Å²) in [4.78, 5) is 8.53. The third-order valence-electron chi connectivity index (χ3n) is 3.07. The smallest absolute Gasteiger partial charge is 0.115 e. The normalized spacial score (nSPS) is 17.8. The van der Waals surface area contributed by atoms with Crippen LogP contribution in [0.25, 0.3) is 0 Å². The summed E-state index contributed by atoms with van der Waals surface area (Å²) in [5.41, 5.74) is 3.55. The van der Waals surface area contributed by atoms with Gasteiger partial charge in [0.25, 0.3) is 0 Å². The number of hydrogen-bond donors (Lipinski definition) is 1. The molecule has 1 saturated carbocycles. The molecule has 1 atom stereocenters. The van der Waals surface area contributed by atoms with Crippen LogP contribution in [0.2, 0.25) is 0 Å². The SMILES string of the molecule is Cc1ncnc(C)c1C(C)CNC1CC1. The quantitative estimate of drug-likeness (QED) is 0.816. The molecule has 3 heteroatoms. The van der Waals surface area contributed by atoms with E-state index in [9.17, 15) is 0 Å². The number of rotatable bonds is 4. The first-order valence-corrected chi connectivity index (χ1v) is 5.70. The first kappa shape index (κ1) is 10.6. The minimum absolute atomic E-state index is 0.506. The van der Waals surface area contributed by atoms with E-state index in [1.165, 1.54) is 18.4 Å². The van der Waals surface area contributed by atoms with Crippen LogP contribution in [0.5, 0.6) is 0 Å². The molecule has 1 aliphatic rings. The maximum Gasteiger partial charge on any atom is 0.115 e. The van der Waals surface area contributed by atoms with Gasteiger partial charge in [-0.1, -0.05) is 6.92 Å². The number of nitrogens with one attached hydrogen (secondary N) is 1. The largest absolute Gasteiger partial charge is 0.313 e. The first-order valence-electron chi connectivity index (χ1n) is 5.70. The second-order valence-corrected chi connectivity index (χ2v) is 4.54. The van der Waals surface area contributed by atoms with Crippen LogP contribution in [-0.2, 0) is 0 Å². The zero-order chi connectivity index (χ0) is 10.8. The molecule has 15 heavy (non-hydrogen) atoms. The molecule has 1 aromatic heterocycles. The zero-order valence-electron chi connectivity index (χ0n) is 9.75. The minimum Gasteiger partial charge on any atom is -0.313 e. The molecule has 0 saturated heterocycles. The van der Waals surface area contributed by atoms with Crippen LogP contribution in [0.1, 0.15) is 42.6 Å². The van der Waals surface area contributed by atoms with Gasteiger partial charge in [0, 0.05) is 24.0 Å². The lowest BCUT2D eigenvalue weighted by Crippen LogP contribution is -2.23. The fourth-order valence-electron chi connectivity index (χ4n) is 2.05. The average Bonchev–Trinajstić information content (AvgIpc) is 2.97. The second kappa shape index (κ2) is 4.27. The van der Waals surface area contributed by atoms with Crippen LogP contribution >= 0.6 is 0 Å². The Morgan fingerprint density at radius 1 is 1.33 bits per heavy atom. The first-order chi connectivity index (χ1) is 7.18. The van der Waals surface area contributed by atoms with Crippen molar-refractivity contribution in [2.45, 2.75) is 45.6 Å². The fourth-order valence-corrected chi connectivity index (χ4v) is 2.05. The summed E-state index contributed by atoms with van der Waals surface area (Å²) in [5.74, 6) is 0.506. The van der Waals surface area contributed by atoms with Gasteiger partial charge in [0.15, 0.2) is 0 Å². The number of aromatic nitrogens is 2. The van der Waals surface area contributed by atoms with Gasteiger partial charge in [-0.2, -0.15) is 0 Å². The van der Waals surface area contributed by atoms with Gasteiger partial charge >= 0.3 is 0 Å². The maximum atomic E-state index is 4.26. The molecule has 82 valence electrons. The molecule has 1 aromatic rings. The van der Waals surface area contributed by atoms with Crippen molar-refractivity contribution in [1.29, 1.82) is 0 Å². The van der Waals surface area contributed by atoms with E-state index in [-0.39, 0.29) is 0 Å². The predicted octanol–water partition coefficient (Wildman–Crippen LogP) is 1.95. The van der Waals surface area contributed by atoms with Crippen LogP contribution in [0.15, 0.2) is 6.33 Å². The van der Waals surface area contributed by atoms with Crippen molar-refractivity contribution >= 4 is 0 Å². The van der Waals surface area contributed by atoms with Crippen molar-refractivity contribution < 1.29 is 0 Å². The summed E-state index contributed by atoms with van der Waals surface area (Å²) < 4.78 is 0. The molecular weight excluding hydrogens is 186 g/mol. The van der Waals surface area contributed by atoms with Crippen LogP contribution in [0.4, 0.5) is 0 Å². The Hall–Kier alpha value is -0.960. The van der Waals surface area contributed by atoms with E-state index < -0.39 is 0 Å². The highest BCUT2D eigenvalue weighted by Gasteiger charge is 2.22. The third-order valence-corrected chi connectivity index (χ3v) is 3.07. The van der Waals surface area contributed by atoms with E-state index in [0.29, 0.717) is 5.92 Å². The van der Waals surface area contributed by atoms with Crippen molar-refractivity contribution in [3.63, 3.8) is 0 Å². The summed E-state index contributed by atoms with van der Waals surface area (Å²) in [6.45, 7) is 7.42. The Morgan fingerprint density at radius 3 is 2.47 bits per heavy atom. The van der Waals surface area contributed by atoms with E-state index in [1.54, 1.807) is 6.33 Å². The molecule has 0 aliphatic heterocycles. The van der Waals surface area contributed by atoms with Crippen molar-refractivity contribution in [1.82, 2.24) is 15.3 Å². The molecule has 1 N–H and O–H groups in total. The molecule has 0 aromatic carbocycles. The number of aryl methyl sites for hydroxylation is 2. The van der Waals surface area contributed by atoms with Gasteiger partial charge < -0.3 is 5.32 Å². The van der Waals surface area contributed by atoms with Crippen LogP contribution in [0.3, 0.4) is 0 Å². The molecule has 0 bridgehead atoms. The predicted molar refractivity (Wildman–Crippen MR) is 60.9 cm³/mol. The Labute approximate surface area is 91.3 Å². The molecule has 1 aliphatic carbocycles. The molecule has 1 fully saturated rings. The van der Waals surface area contributed by atoms with Gasteiger partial charge in [-0.25, -0.2) is 9.97 Å². The molecule has 0 amide bonds. The second-order valence-electron chi connectivity index (χ2n) is 4.54. The van der Waals surface area contributed by atoms with Crippen molar-refractivity contribution in [3.05, 3.63) is 23.3 Å². The van der Waals surface area contributed by atoms with E-state index in [4.69, 9.17) is 0 Å². The monoisotopic (exact) mass is 205 g/mol. The Bertz CT molecular complexity index is 324. The molecule has 0 spiro atoms. The number of nitrogens with zero attached hydrogens (tertiary/aromatic N) is 2. The lowest BCUT2D eigenvalue weighted by atomic mass is 9.98. The third kappa shape index (κ3) is 2.53. The molecule has 1 heterocycles. The summed E-state index contributed by atoms with van der Waals surface area (Å²) >= 11 is 0. The maximum absolute atomic E-state index is 4.26. The summed E-state index contributed by atoms with van der Waals surface area (Å²) in [7, 11) is 0. The van der Waals surface area contributed by atoms with E-state index in [0.717, 1.165) is 24.0 Å². The van der Waals surface area contributed by atoms with Crippen LogP contribution < -0.4 is 5.32 Å². The highest BCUT2D eigenvalue weighted by Crippen LogP contribution is 2.23. The van der Waals surface area contributed by atoms with E-state index in [1.807, 2.05) is 0 Å². The van der Waals surface area contributed by atoms with Gasteiger partial charge in [-0.05, 0) is 38.2 Å². The fraction of sp³-hybridized carbons (Fsp3) is 0.667. The van der Waals surface area contributed by atoms with Crippen LogP contribution in [-0.4, -0.2) is 22.6 Å². The van der Waals surface area contributed by atoms with Gasteiger partial charge in [-0.15, -0.1) is 0 Å². The van der Waals surface area contributed by atoms with Crippen molar-refractivity contribution in [3.8, 4) is 0 Å². The summed E-state index contributed by atoms with van der Waals surface area (Å²) in [6, 6.07) is 0.776. The molecule has 2 rings (SSSR count). The van der Waals surface area contributed by atoms with Gasteiger partial charge in [0.1, 0.15) is 6.33 Å². The highest BCUT2D eigenvalue weighted by atomic mass is 14.9.